The van der Waals surface area contributed by atoms with Crippen LogP contribution in [-0.2, 0) is 28.8 Å². The predicted octanol–water partition coefficient (Wildman–Crippen LogP) is 0.502. The van der Waals surface area contributed by atoms with Crippen LogP contribution in [0.5, 0.6) is 0 Å². The third-order valence-electron chi connectivity index (χ3n) is 8.43. The summed E-state index contributed by atoms with van der Waals surface area (Å²) in [5.74, 6) is -4.19. The van der Waals surface area contributed by atoms with Gasteiger partial charge in [0.1, 0.15) is 12.1 Å². The second-order valence-corrected chi connectivity index (χ2v) is 14.3. The van der Waals surface area contributed by atoms with Gasteiger partial charge in [0, 0.05) is 25.4 Å². The molecule has 3 aliphatic rings. The van der Waals surface area contributed by atoms with Gasteiger partial charge in [-0.1, -0.05) is 55.4 Å². The van der Waals surface area contributed by atoms with Crippen molar-refractivity contribution in [3.63, 3.8) is 0 Å². The molecular formula is C28H45N5O6. The largest absolute Gasteiger partial charge is 0.363 e. The fraction of sp³-hybridized carbons (Fsp3) is 0.786. The number of carbonyl (C=O) groups is 6. The van der Waals surface area contributed by atoms with Gasteiger partial charge >= 0.3 is 0 Å². The normalized spacial score (nSPS) is 27.2. The smallest absolute Gasteiger partial charge is 0.287 e. The minimum Gasteiger partial charge on any atom is -0.363 e. The number of nitrogens with one attached hydrogen (secondary N) is 3. The number of carbonyl (C=O) groups excluding carboxylic acids is 6. The first-order valence-electron chi connectivity index (χ1n) is 13.8. The van der Waals surface area contributed by atoms with E-state index in [2.05, 4.69) is 16.0 Å². The fourth-order valence-electron chi connectivity index (χ4n) is 6.14. The van der Waals surface area contributed by atoms with Gasteiger partial charge in [-0.25, -0.2) is 0 Å². The third-order valence-corrected chi connectivity index (χ3v) is 8.43. The topological polar surface area (TPSA) is 168 Å². The van der Waals surface area contributed by atoms with Gasteiger partial charge in [-0.15, -0.1) is 0 Å². The average Bonchev–Trinajstić information content (AvgIpc) is 3.14. The van der Waals surface area contributed by atoms with E-state index >= 15 is 0 Å². The van der Waals surface area contributed by atoms with Gasteiger partial charge in [-0.2, -0.15) is 0 Å². The molecule has 0 spiro atoms. The zero-order chi connectivity index (χ0) is 29.7. The Kier molecular flexibility index (Phi) is 8.26. The lowest BCUT2D eigenvalue weighted by Crippen LogP contribution is -2.60. The highest BCUT2D eigenvalue weighted by atomic mass is 16.2. The molecule has 5 amide bonds. The first-order valence-corrected chi connectivity index (χ1v) is 13.8. The molecule has 1 saturated carbocycles. The van der Waals surface area contributed by atoms with Gasteiger partial charge in [0.15, 0.2) is 0 Å². The van der Waals surface area contributed by atoms with E-state index in [1.54, 1.807) is 0 Å². The molecule has 11 nitrogen and oxygen atoms in total. The lowest BCUT2D eigenvalue weighted by atomic mass is 9.84. The number of fused-ring (bicyclic) bond motifs is 1. The lowest BCUT2D eigenvalue weighted by molar-refractivity contribution is -0.146. The molecule has 5 N–H and O–H groups in total. The standard InChI is InChI=1S/C28H45N5O6/c1-26(2,3)12-17(34)32-21(27(4,5)6)25(39)33-13-15-18(28(15,7)8)19(33)24(38)31-16(20(35)22(29)36)11-14-9-10-30-23(14)37/h14-16,18-19,21H,9-13H2,1-8H3,(H2,29,36)(H,30,37)(H,31,38)(H,32,34)/t14-,15?,16-,18-,19-,21?/m0/s1. The first kappa shape index (κ1) is 30.6. The van der Waals surface area contributed by atoms with Gasteiger partial charge in [-0.05, 0) is 40.9 Å². The highest BCUT2D eigenvalue weighted by molar-refractivity contribution is 6.38. The van der Waals surface area contributed by atoms with Crippen LogP contribution in [0.3, 0.4) is 0 Å². The van der Waals surface area contributed by atoms with Crippen LogP contribution in [0.4, 0.5) is 0 Å². The summed E-state index contributed by atoms with van der Waals surface area (Å²) >= 11 is 0. The molecule has 0 bridgehead atoms. The number of hydrogen-bond acceptors (Lipinski definition) is 6. The Balaban J connectivity index is 1.86. The average molecular weight is 548 g/mol. The van der Waals surface area contributed by atoms with Crippen molar-refractivity contribution in [1.29, 1.82) is 0 Å². The van der Waals surface area contributed by atoms with Crippen molar-refractivity contribution in [2.24, 2.45) is 39.7 Å². The summed E-state index contributed by atoms with van der Waals surface area (Å²) in [5, 5.41) is 8.26. The molecule has 2 unspecified atom stereocenters. The van der Waals surface area contributed by atoms with Crippen LogP contribution in [0.25, 0.3) is 0 Å². The van der Waals surface area contributed by atoms with Crippen LogP contribution < -0.4 is 21.7 Å². The monoisotopic (exact) mass is 547 g/mol. The number of nitrogens with zero attached hydrogens (tertiary/aromatic N) is 1. The molecule has 0 radical (unpaired) electrons. The molecule has 11 heteroatoms. The third kappa shape index (κ3) is 6.61. The van der Waals surface area contributed by atoms with Crippen LogP contribution in [0.15, 0.2) is 0 Å². The van der Waals surface area contributed by atoms with Gasteiger partial charge in [0.25, 0.3) is 5.91 Å². The summed E-state index contributed by atoms with van der Waals surface area (Å²) in [6.45, 7) is 16.3. The lowest BCUT2D eigenvalue weighted by Gasteiger charge is -2.38. The van der Waals surface area contributed by atoms with Crippen molar-refractivity contribution in [3.05, 3.63) is 0 Å². The van der Waals surface area contributed by atoms with Gasteiger partial charge in [0.2, 0.25) is 29.4 Å². The van der Waals surface area contributed by atoms with E-state index < -0.39 is 47.1 Å². The molecule has 1 aliphatic carbocycles. The van der Waals surface area contributed by atoms with Gasteiger partial charge < -0.3 is 26.6 Å². The van der Waals surface area contributed by atoms with Crippen molar-refractivity contribution < 1.29 is 28.8 Å². The number of amides is 5. The van der Waals surface area contributed by atoms with Crippen LogP contribution >= 0.6 is 0 Å². The molecule has 0 aromatic heterocycles. The second-order valence-electron chi connectivity index (χ2n) is 14.3. The maximum atomic E-state index is 14.0. The van der Waals surface area contributed by atoms with E-state index in [1.807, 2.05) is 55.4 Å². The van der Waals surface area contributed by atoms with Crippen LogP contribution in [0, 0.1) is 34.0 Å². The van der Waals surface area contributed by atoms with Crippen molar-refractivity contribution >= 4 is 35.3 Å². The quantitative estimate of drug-likeness (QED) is 0.307. The second kappa shape index (κ2) is 10.5. The summed E-state index contributed by atoms with van der Waals surface area (Å²) in [5.41, 5.74) is 4.17. The van der Waals surface area contributed by atoms with Crippen molar-refractivity contribution in [2.75, 3.05) is 13.1 Å². The number of Topliss-reactive ketones (excluding diaryl/α,β-unsaturated/α-hetero) is 1. The van der Waals surface area contributed by atoms with Crippen LogP contribution in [0.1, 0.15) is 74.7 Å². The van der Waals surface area contributed by atoms with Crippen molar-refractivity contribution in [1.82, 2.24) is 20.9 Å². The number of likely N-dealkylation sites (tertiary alicyclic amines) is 1. The summed E-state index contributed by atoms with van der Waals surface area (Å²) in [6, 6.07) is -3.03. The van der Waals surface area contributed by atoms with E-state index in [-0.39, 0.29) is 53.2 Å². The highest BCUT2D eigenvalue weighted by Gasteiger charge is 2.70. The Morgan fingerprint density at radius 3 is 2.18 bits per heavy atom. The molecule has 2 saturated heterocycles. The van der Waals surface area contributed by atoms with Crippen molar-refractivity contribution in [2.45, 2.75) is 92.8 Å². The molecule has 3 rings (SSSR count). The number of primary amides is 1. The maximum absolute atomic E-state index is 14.0. The van der Waals surface area contributed by atoms with E-state index in [9.17, 15) is 28.8 Å². The highest BCUT2D eigenvalue weighted by Crippen LogP contribution is 2.65. The summed E-state index contributed by atoms with van der Waals surface area (Å²) < 4.78 is 0. The minimum atomic E-state index is -1.27. The molecule has 2 aliphatic heterocycles. The number of piperidine rings is 1. The number of nitrogens with two attached hydrogens (primary N) is 1. The van der Waals surface area contributed by atoms with Crippen molar-refractivity contribution in [3.8, 4) is 0 Å². The Hall–Kier alpha value is -2.98. The minimum absolute atomic E-state index is 0.0506. The van der Waals surface area contributed by atoms with E-state index in [0.29, 0.717) is 19.5 Å². The first-order chi connectivity index (χ1) is 17.8. The predicted molar refractivity (Wildman–Crippen MR) is 144 cm³/mol. The Morgan fingerprint density at radius 2 is 1.69 bits per heavy atom. The molecule has 0 aromatic carbocycles. The van der Waals surface area contributed by atoms with Crippen LogP contribution in [-0.4, -0.2) is 71.4 Å². The number of ketones is 1. The summed E-state index contributed by atoms with van der Waals surface area (Å²) in [4.78, 5) is 78.6. The Bertz CT molecular complexity index is 1060. The maximum Gasteiger partial charge on any atom is 0.287 e. The molecule has 2 heterocycles. The number of rotatable bonds is 9. The molecule has 0 aromatic rings. The fourth-order valence-corrected chi connectivity index (χ4v) is 6.14. The zero-order valence-corrected chi connectivity index (χ0v) is 24.5. The molecule has 3 fully saturated rings. The van der Waals surface area contributed by atoms with E-state index in [1.165, 1.54) is 4.90 Å². The molecule has 39 heavy (non-hydrogen) atoms. The van der Waals surface area contributed by atoms with Gasteiger partial charge in [-0.3, -0.25) is 28.8 Å². The molecule has 6 atom stereocenters. The van der Waals surface area contributed by atoms with E-state index in [4.69, 9.17) is 5.73 Å². The Labute approximate surface area is 230 Å². The summed E-state index contributed by atoms with van der Waals surface area (Å²) in [7, 11) is 0. The number of hydrogen-bond donors (Lipinski definition) is 4. The SMILES string of the molecule is CC(C)(C)CC(=O)NC(C(=O)N1CC2[C@@H]([C@H]1C(=O)N[C@@H](C[C@@H]1CCNC1=O)C(=O)C(N)=O)C2(C)C)C(C)(C)C. The Morgan fingerprint density at radius 1 is 1.08 bits per heavy atom. The zero-order valence-electron chi connectivity index (χ0n) is 24.5. The molecule has 218 valence electrons. The molecular weight excluding hydrogens is 502 g/mol. The van der Waals surface area contributed by atoms with Gasteiger partial charge in [0.05, 0.1) is 6.04 Å². The van der Waals surface area contributed by atoms with E-state index in [0.717, 1.165) is 0 Å². The summed E-state index contributed by atoms with van der Waals surface area (Å²) in [6.07, 6.45) is 0.663. The van der Waals surface area contributed by atoms with Crippen LogP contribution in [0.2, 0.25) is 0 Å².